The Labute approximate surface area is 102 Å². The summed E-state index contributed by atoms with van der Waals surface area (Å²) in [4.78, 5) is 0. The minimum atomic E-state index is 0.670. The Morgan fingerprint density at radius 3 is 2.31 bits per heavy atom. The molecule has 96 valence electrons. The van der Waals surface area contributed by atoms with Crippen LogP contribution in [0, 0.1) is 17.3 Å². The second kappa shape index (κ2) is 6.64. The van der Waals surface area contributed by atoms with Crippen molar-refractivity contribution in [1.29, 1.82) is 0 Å². The van der Waals surface area contributed by atoms with Gasteiger partial charge in [-0.15, -0.1) is 0 Å². The zero-order chi connectivity index (χ0) is 12.0. The molecule has 1 aliphatic rings. The number of hydrogen-bond acceptors (Lipinski definition) is 1. The van der Waals surface area contributed by atoms with Gasteiger partial charge in [-0.2, -0.15) is 0 Å². The minimum Gasteiger partial charge on any atom is -0.316 e. The molecule has 1 nitrogen and oxygen atoms in total. The molecular weight excluding hydrogens is 194 g/mol. The van der Waals surface area contributed by atoms with Crippen molar-refractivity contribution in [3.8, 4) is 0 Å². The summed E-state index contributed by atoms with van der Waals surface area (Å²) in [5.41, 5.74) is 0.670. The summed E-state index contributed by atoms with van der Waals surface area (Å²) in [5.74, 6) is 1.70. The second-order valence-corrected chi connectivity index (χ2v) is 6.48. The molecule has 1 atom stereocenters. The van der Waals surface area contributed by atoms with E-state index in [0.717, 1.165) is 11.8 Å². The molecule has 0 aromatic heterocycles. The van der Waals surface area contributed by atoms with E-state index in [0.29, 0.717) is 5.41 Å². The fourth-order valence-corrected chi connectivity index (χ4v) is 3.09. The van der Waals surface area contributed by atoms with E-state index in [1.165, 1.54) is 51.6 Å². The lowest BCUT2D eigenvalue weighted by atomic mass is 9.64. The minimum absolute atomic E-state index is 0.670. The highest BCUT2D eigenvalue weighted by atomic mass is 14.9. The SMILES string of the molecule is CCCC(C)CC1(CNCC(C)C)CCC1. The van der Waals surface area contributed by atoms with E-state index in [9.17, 15) is 0 Å². The lowest BCUT2D eigenvalue weighted by molar-refractivity contribution is 0.0917. The van der Waals surface area contributed by atoms with Crippen molar-refractivity contribution in [3.05, 3.63) is 0 Å². The van der Waals surface area contributed by atoms with Crippen LogP contribution in [-0.4, -0.2) is 13.1 Å². The van der Waals surface area contributed by atoms with Gasteiger partial charge in [-0.05, 0) is 43.1 Å². The average molecular weight is 225 g/mol. The van der Waals surface area contributed by atoms with Crippen LogP contribution < -0.4 is 5.32 Å². The molecule has 0 aromatic rings. The normalized spacial score (nSPS) is 20.8. The first kappa shape index (κ1) is 14.0. The van der Waals surface area contributed by atoms with E-state index in [4.69, 9.17) is 0 Å². The van der Waals surface area contributed by atoms with Crippen LogP contribution in [0.2, 0.25) is 0 Å². The first-order valence-electron chi connectivity index (χ1n) is 7.29. The molecule has 16 heavy (non-hydrogen) atoms. The molecule has 1 aliphatic carbocycles. The molecule has 1 fully saturated rings. The van der Waals surface area contributed by atoms with E-state index in [1.54, 1.807) is 0 Å². The summed E-state index contributed by atoms with van der Waals surface area (Å²) in [6, 6.07) is 0. The van der Waals surface area contributed by atoms with E-state index < -0.39 is 0 Å². The fourth-order valence-electron chi connectivity index (χ4n) is 3.09. The van der Waals surface area contributed by atoms with Crippen LogP contribution in [0.3, 0.4) is 0 Å². The van der Waals surface area contributed by atoms with Crippen LogP contribution in [0.5, 0.6) is 0 Å². The zero-order valence-electron chi connectivity index (χ0n) is 11.8. The molecule has 1 saturated carbocycles. The molecule has 0 spiro atoms. The average Bonchev–Trinajstić information content (AvgIpc) is 2.13. The number of hydrogen-bond donors (Lipinski definition) is 1. The Morgan fingerprint density at radius 1 is 1.19 bits per heavy atom. The van der Waals surface area contributed by atoms with Gasteiger partial charge in [0.15, 0.2) is 0 Å². The second-order valence-electron chi connectivity index (χ2n) is 6.48. The molecule has 1 rings (SSSR count). The van der Waals surface area contributed by atoms with E-state index in [2.05, 4.69) is 33.0 Å². The van der Waals surface area contributed by atoms with Gasteiger partial charge in [-0.1, -0.05) is 47.0 Å². The van der Waals surface area contributed by atoms with Crippen molar-refractivity contribution in [2.45, 2.75) is 66.2 Å². The maximum atomic E-state index is 3.68. The third kappa shape index (κ3) is 4.45. The molecule has 0 saturated heterocycles. The summed E-state index contributed by atoms with van der Waals surface area (Å²) in [7, 11) is 0. The molecule has 1 unspecified atom stereocenters. The highest BCUT2D eigenvalue weighted by Crippen LogP contribution is 2.46. The van der Waals surface area contributed by atoms with Crippen molar-refractivity contribution in [3.63, 3.8) is 0 Å². The predicted molar refractivity (Wildman–Crippen MR) is 72.7 cm³/mol. The van der Waals surface area contributed by atoms with Gasteiger partial charge in [-0.3, -0.25) is 0 Å². The Morgan fingerprint density at radius 2 is 1.88 bits per heavy atom. The largest absolute Gasteiger partial charge is 0.316 e. The monoisotopic (exact) mass is 225 g/mol. The van der Waals surface area contributed by atoms with Crippen LogP contribution in [0.25, 0.3) is 0 Å². The van der Waals surface area contributed by atoms with Crippen LogP contribution in [0.1, 0.15) is 66.2 Å². The molecule has 0 heterocycles. The van der Waals surface area contributed by atoms with Gasteiger partial charge in [0, 0.05) is 6.54 Å². The maximum absolute atomic E-state index is 3.68. The highest BCUT2D eigenvalue weighted by Gasteiger charge is 2.37. The van der Waals surface area contributed by atoms with E-state index >= 15 is 0 Å². The summed E-state index contributed by atoms with van der Waals surface area (Å²) in [6.07, 6.45) is 8.59. The van der Waals surface area contributed by atoms with Gasteiger partial charge in [0.05, 0.1) is 0 Å². The third-order valence-corrected chi connectivity index (χ3v) is 4.03. The zero-order valence-corrected chi connectivity index (χ0v) is 11.8. The Bertz CT molecular complexity index is 182. The summed E-state index contributed by atoms with van der Waals surface area (Å²) in [6.45, 7) is 11.8. The molecule has 1 N–H and O–H groups in total. The van der Waals surface area contributed by atoms with Gasteiger partial charge in [0.1, 0.15) is 0 Å². The molecular formula is C15H31N. The van der Waals surface area contributed by atoms with Crippen LogP contribution in [0.15, 0.2) is 0 Å². The van der Waals surface area contributed by atoms with Crippen LogP contribution >= 0.6 is 0 Å². The predicted octanol–water partition coefficient (Wildman–Crippen LogP) is 4.23. The lowest BCUT2D eigenvalue weighted by Crippen LogP contribution is -2.42. The van der Waals surface area contributed by atoms with Crippen LogP contribution in [-0.2, 0) is 0 Å². The quantitative estimate of drug-likeness (QED) is 0.652. The molecule has 0 aliphatic heterocycles. The fraction of sp³-hybridized carbons (Fsp3) is 1.00. The summed E-state index contributed by atoms with van der Waals surface area (Å²) < 4.78 is 0. The number of nitrogens with one attached hydrogen (secondary N) is 1. The van der Waals surface area contributed by atoms with Crippen molar-refractivity contribution >= 4 is 0 Å². The lowest BCUT2D eigenvalue weighted by Gasteiger charge is -2.44. The Kier molecular flexibility index (Phi) is 5.82. The summed E-state index contributed by atoms with van der Waals surface area (Å²) in [5, 5.41) is 3.68. The van der Waals surface area contributed by atoms with Crippen molar-refractivity contribution in [2.24, 2.45) is 17.3 Å². The van der Waals surface area contributed by atoms with Gasteiger partial charge in [0.2, 0.25) is 0 Å². The first-order chi connectivity index (χ1) is 7.58. The van der Waals surface area contributed by atoms with E-state index in [-0.39, 0.29) is 0 Å². The number of rotatable bonds is 8. The topological polar surface area (TPSA) is 12.0 Å². The van der Waals surface area contributed by atoms with E-state index in [1.807, 2.05) is 0 Å². The standard InChI is InChI=1S/C15H31N/c1-5-7-14(4)10-15(8-6-9-15)12-16-11-13(2)3/h13-14,16H,5-12H2,1-4H3. The highest BCUT2D eigenvalue weighted by molar-refractivity contribution is 4.90. The third-order valence-electron chi connectivity index (χ3n) is 4.03. The van der Waals surface area contributed by atoms with Crippen LogP contribution in [0.4, 0.5) is 0 Å². The van der Waals surface area contributed by atoms with Crippen molar-refractivity contribution in [2.75, 3.05) is 13.1 Å². The van der Waals surface area contributed by atoms with Gasteiger partial charge in [0.25, 0.3) is 0 Å². The first-order valence-corrected chi connectivity index (χ1v) is 7.29. The molecule has 0 bridgehead atoms. The van der Waals surface area contributed by atoms with Crippen molar-refractivity contribution < 1.29 is 0 Å². The van der Waals surface area contributed by atoms with Gasteiger partial charge in [-0.25, -0.2) is 0 Å². The molecule has 0 amide bonds. The van der Waals surface area contributed by atoms with Gasteiger partial charge >= 0.3 is 0 Å². The maximum Gasteiger partial charge on any atom is 0.000802 e. The molecule has 0 aromatic carbocycles. The Hall–Kier alpha value is -0.0400. The smallest absolute Gasteiger partial charge is 0.000802 e. The summed E-state index contributed by atoms with van der Waals surface area (Å²) >= 11 is 0. The molecule has 1 heteroatoms. The van der Waals surface area contributed by atoms with Gasteiger partial charge < -0.3 is 5.32 Å². The molecule has 0 radical (unpaired) electrons. The Balaban J connectivity index is 2.27. The van der Waals surface area contributed by atoms with Crippen molar-refractivity contribution in [1.82, 2.24) is 5.32 Å².